The SMILES string of the molecule is COc1ccc(-c2cc([N+](=O)[O-])ccc2OCC(=O)c2c(N)n(C)c(=O)n(C)c2=O)cc1. The van der Waals surface area contributed by atoms with Crippen LogP contribution in [0.3, 0.4) is 0 Å². The van der Waals surface area contributed by atoms with E-state index in [2.05, 4.69) is 0 Å². The lowest BCUT2D eigenvalue weighted by Crippen LogP contribution is -2.42. The van der Waals surface area contributed by atoms with Crippen molar-refractivity contribution < 1.29 is 19.2 Å². The molecule has 0 saturated carbocycles. The van der Waals surface area contributed by atoms with E-state index in [0.29, 0.717) is 16.9 Å². The van der Waals surface area contributed by atoms with E-state index in [4.69, 9.17) is 15.2 Å². The minimum atomic E-state index is -0.835. The number of hydrogen-bond donors (Lipinski definition) is 1. The second-order valence-corrected chi connectivity index (χ2v) is 6.84. The van der Waals surface area contributed by atoms with Gasteiger partial charge in [0.1, 0.15) is 22.9 Å². The van der Waals surface area contributed by atoms with Crippen LogP contribution in [0.15, 0.2) is 52.1 Å². The third-order valence-electron chi connectivity index (χ3n) is 4.92. The maximum absolute atomic E-state index is 12.7. The molecule has 0 amide bonds. The van der Waals surface area contributed by atoms with Crippen LogP contribution in [0.5, 0.6) is 11.5 Å². The Kier molecular flexibility index (Phi) is 6.10. The Bertz CT molecular complexity index is 1320. The number of nitro benzene ring substituents is 1. The molecule has 0 aliphatic carbocycles. The quantitative estimate of drug-likeness (QED) is 0.330. The Hall–Kier alpha value is -4.41. The summed E-state index contributed by atoms with van der Waals surface area (Å²) >= 11 is 0. The molecule has 0 spiro atoms. The number of benzene rings is 2. The average Bonchev–Trinajstić information content (AvgIpc) is 2.80. The van der Waals surface area contributed by atoms with Crippen molar-refractivity contribution in [1.82, 2.24) is 9.13 Å². The Morgan fingerprint density at radius 2 is 1.75 bits per heavy atom. The number of methoxy groups -OCH3 is 1. The van der Waals surface area contributed by atoms with Gasteiger partial charge in [-0.15, -0.1) is 0 Å². The number of hydrogen-bond acceptors (Lipinski definition) is 8. The molecule has 3 aromatic rings. The molecular formula is C21H20N4O7. The molecule has 0 fully saturated rings. The molecule has 11 heteroatoms. The highest BCUT2D eigenvalue weighted by Crippen LogP contribution is 2.34. The summed E-state index contributed by atoms with van der Waals surface area (Å²) in [6.07, 6.45) is 0. The smallest absolute Gasteiger partial charge is 0.332 e. The summed E-state index contributed by atoms with van der Waals surface area (Å²) in [4.78, 5) is 47.7. The van der Waals surface area contributed by atoms with Crippen molar-refractivity contribution >= 4 is 17.3 Å². The first-order valence-corrected chi connectivity index (χ1v) is 9.30. The van der Waals surface area contributed by atoms with Crippen molar-refractivity contribution in [2.75, 3.05) is 19.5 Å². The van der Waals surface area contributed by atoms with Gasteiger partial charge in [-0.3, -0.25) is 28.8 Å². The zero-order valence-electron chi connectivity index (χ0n) is 17.5. The largest absolute Gasteiger partial charge is 0.497 e. The van der Waals surface area contributed by atoms with E-state index in [1.165, 1.54) is 39.4 Å². The van der Waals surface area contributed by atoms with E-state index in [9.17, 15) is 24.5 Å². The van der Waals surface area contributed by atoms with Gasteiger partial charge in [-0.25, -0.2) is 4.79 Å². The summed E-state index contributed by atoms with van der Waals surface area (Å²) in [6, 6.07) is 10.7. The highest BCUT2D eigenvalue weighted by Gasteiger charge is 2.22. The first kappa shape index (κ1) is 22.3. The van der Waals surface area contributed by atoms with E-state index in [0.717, 1.165) is 9.13 Å². The lowest BCUT2D eigenvalue weighted by atomic mass is 10.0. The van der Waals surface area contributed by atoms with E-state index in [1.54, 1.807) is 24.3 Å². The molecule has 0 aliphatic rings. The number of rotatable bonds is 7. The molecule has 0 atom stereocenters. The number of nitrogens with two attached hydrogens (primary N) is 1. The highest BCUT2D eigenvalue weighted by molar-refractivity contribution is 6.00. The number of carbonyl (C=O) groups is 1. The summed E-state index contributed by atoms with van der Waals surface area (Å²) in [5.74, 6) is -0.226. The molecule has 0 unspecified atom stereocenters. The number of non-ortho nitro benzene ring substituents is 1. The van der Waals surface area contributed by atoms with Gasteiger partial charge in [-0.2, -0.15) is 0 Å². The van der Waals surface area contributed by atoms with Crippen LogP contribution in [-0.4, -0.2) is 33.6 Å². The number of nitro groups is 1. The van der Waals surface area contributed by atoms with Gasteiger partial charge >= 0.3 is 5.69 Å². The minimum Gasteiger partial charge on any atom is -0.497 e. The van der Waals surface area contributed by atoms with Crippen LogP contribution in [0.1, 0.15) is 10.4 Å². The summed E-state index contributed by atoms with van der Waals surface area (Å²) in [6.45, 7) is -0.571. The van der Waals surface area contributed by atoms with Crippen LogP contribution >= 0.6 is 0 Å². The molecule has 32 heavy (non-hydrogen) atoms. The first-order valence-electron chi connectivity index (χ1n) is 9.30. The topological polar surface area (TPSA) is 149 Å². The van der Waals surface area contributed by atoms with Crippen molar-refractivity contribution in [2.45, 2.75) is 0 Å². The molecule has 0 radical (unpaired) electrons. The molecule has 0 bridgehead atoms. The second-order valence-electron chi connectivity index (χ2n) is 6.84. The molecule has 11 nitrogen and oxygen atoms in total. The predicted molar refractivity (Wildman–Crippen MR) is 116 cm³/mol. The van der Waals surface area contributed by atoms with Crippen LogP contribution < -0.4 is 26.5 Å². The standard InChI is InChI=1S/C21H20N4O7/c1-23-19(22)18(20(27)24(2)21(23)28)16(26)11-32-17-9-6-13(25(29)30)10-15(17)12-4-7-14(31-3)8-5-12/h4-10H,11,22H2,1-3H3. The van der Waals surface area contributed by atoms with E-state index in [1.807, 2.05) is 0 Å². The van der Waals surface area contributed by atoms with E-state index >= 15 is 0 Å². The minimum absolute atomic E-state index is 0.161. The van der Waals surface area contributed by atoms with Gasteiger partial charge in [-0.1, -0.05) is 12.1 Å². The number of ketones is 1. The molecule has 0 aliphatic heterocycles. The Labute approximate surface area is 181 Å². The Morgan fingerprint density at radius 3 is 2.34 bits per heavy atom. The van der Waals surface area contributed by atoms with Crippen molar-refractivity contribution in [3.8, 4) is 22.6 Å². The fourth-order valence-corrected chi connectivity index (χ4v) is 3.09. The van der Waals surface area contributed by atoms with Gasteiger partial charge in [0.25, 0.3) is 11.2 Å². The summed E-state index contributed by atoms with van der Waals surface area (Å²) < 4.78 is 12.5. The van der Waals surface area contributed by atoms with Gasteiger partial charge in [0.2, 0.25) is 5.78 Å². The van der Waals surface area contributed by atoms with Crippen LogP contribution in [0.2, 0.25) is 0 Å². The maximum Gasteiger partial charge on any atom is 0.332 e. The Morgan fingerprint density at radius 1 is 1.09 bits per heavy atom. The number of nitrogens with zero attached hydrogens (tertiary/aromatic N) is 3. The van der Waals surface area contributed by atoms with Gasteiger partial charge in [0, 0.05) is 31.8 Å². The van der Waals surface area contributed by atoms with Crippen molar-refractivity contribution in [3.05, 3.63) is 79.0 Å². The molecule has 2 N–H and O–H groups in total. The lowest BCUT2D eigenvalue weighted by Gasteiger charge is -2.13. The lowest BCUT2D eigenvalue weighted by molar-refractivity contribution is -0.384. The van der Waals surface area contributed by atoms with Crippen molar-refractivity contribution in [2.24, 2.45) is 14.1 Å². The molecule has 166 valence electrons. The fraction of sp³-hybridized carbons (Fsp3) is 0.190. The number of Topliss-reactive ketones (excluding diaryl/α,β-unsaturated/α-hetero) is 1. The van der Waals surface area contributed by atoms with Gasteiger partial charge in [0.05, 0.1) is 12.0 Å². The molecule has 1 heterocycles. The van der Waals surface area contributed by atoms with E-state index in [-0.39, 0.29) is 22.8 Å². The number of anilines is 1. The fourth-order valence-electron chi connectivity index (χ4n) is 3.09. The average molecular weight is 440 g/mol. The number of aromatic nitrogens is 2. The first-order chi connectivity index (χ1) is 15.1. The third-order valence-corrected chi connectivity index (χ3v) is 4.92. The third kappa shape index (κ3) is 4.08. The zero-order valence-corrected chi connectivity index (χ0v) is 17.5. The zero-order chi connectivity index (χ0) is 23.6. The molecule has 1 aromatic heterocycles. The van der Waals surface area contributed by atoms with Crippen LogP contribution in [0, 0.1) is 10.1 Å². The van der Waals surface area contributed by atoms with Crippen molar-refractivity contribution in [3.63, 3.8) is 0 Å². The summed E-state index contributed by atoms with van der Waals surface area (Å²) in [5, 5.41) is 11.2. The van der Waals surface area contributed by atoms with Gasteiger partial charge in [-0.05, 0) is 23.8 Å². The van der Waals surface area contributed by atoms with Crippen LogP contribution in [-0.2, 0) is 14.1 Å². The summed E-state index contributed by atoms with van der Waals surface area (Å²) in [7, 11) is 4.09. The number of carbonyl (C=O) groups excluding carboxylic acids is 1. The van der Waals surface area contributed by atoms with Crippen LogP contribution in [0.4, 0.5) is 11.5 Å². The number of ether oxygens (including phenoxy) is 2. The monoisotopic (exact) mass is 440 g/mol. The number of nitrogen functional groups attached to an aromatic ring is 1. The normalized spacial score (nSPS) is 10.6. The highest BCUT2D eigenvalue weighted by atomic mass is 16.6. The second kappa shape index (κ2) is 8.76. The van der Waals surface area contributed by atoms with Crippen molar-refractivity contribution in [1.29, 1.82) is 0 Å². The Balaban J connectivity index is 1.98. The predicted octanol–water partition coefficient (Wildman–Crippen LogP) is 1.51. The van der Waals surface area contributed by atoms with Gasteiger partial charge < -0.3 is 15.2 Å². The van der Waals surface area contributed by atoms with E-state index < -0.39 is 28.6 Å². The molecule has 0 saturated heterocycles. The molecular weight excluding hydrogens is 420 g/mol. The van der Waals surface area contributed by atoms with Gasteiger partial charge in [0.15, 0.2) is 6.61 Å². The van der Waals surface area contributed by atoms with Crippen LogP contribution in [0.25, 0.3) is 11.1 Å². The molecule has 3 rings (SSSR count). The molecule has 2 aromatic carbocycles. The summed E-state index contributed by atoms with van der Waals surface area (Å²) in [5.41, 5.74) is 4.74. The maximum atomic E-state index is 12.7.